The molecular weight excluding hydrogens is 214 g/mol. The zero-order chi connectivity index (χ0) is 11.7. The van der Waals surface area contributed by atoms with E-state index >= 15 is 0 Å². The minimum atomic E-state index is 0.211. The van der Waals surface area contributed by atoms with E-state index in [2.05, 4.69) is 14.8 Å². The van der Waals surface area contributed by atoms with Gasteiger partial charge in [-0.1, -0.05) is 19.3 Å². The lowest BCUT2D eigenvalue weighted by Crippen LogP contribution is -2.21. The Bertz CT molecular complexity index is 382. The van der Waals surface area contributed by atoms with E-state index in [-0.39, 0.29) is 12.5 Å². The number of hydrogen-bond donors (Lipinski definition) is 1. The molecule has 0 bridgehead atoms. The van der Waals surface area contributed by atoms with Crippen molar-refractivity contribution in [3.05, 3.63) is 11.6 Å². The molecule has 1 aliphatic carbocycles. The van der Waals surface area contributed by atoms with E-state index in [1.807, 2.05) is 0 Å². The van der Waals surface area contributed by atoms with Crippen LogP contribution in [0.1, 0.15) is 68.4 Å². The van der Waals surface area contributed by atoms with Crippen LogP contribution in [0.2, 0.25) is 0 Å². The topological polar surface area (TPSA) is 50.9 Å². The largest absolute Gasteiger partial charge is 0.396 e. The van der Waals surface area contributed by atoms with Gasteiger partial charge in [-0.15, -0.1) is 10.2 Å². The van der Waals surface area contributed by atoms with Crippen LogP contribution in [0.4, 0.5) is 0 Å². The van der Waals surface area contributed by atoms with E-state index in [4.69, 9.17) is 0 Å². The Balaban J connectivity index is 1.88. The molecule has 4 heteroatoms. The third-order valence-electron chi connectivity index (χ3n) is 4.30. The van der Waals surface area contributed by atoms with E-state index in [1.165, 1.54) is 37.9 Å². The second-order valence-corrected chi connectivity index (χ2v) is 5.42. The quantitative estimate of drug-likeness (QED) is 0.855. The molecule has 1 saturated carbocycles. The summed E-state index contributed by atoms with van der Waals surface area (Å²) in [5.74, 6) is 3.05. The molecule has 1 aromatic heterocycles. The molecule has 0 saturated heterocycles. The first-order valence-electron chi connectivity index (χ1n) is 6.94. The van der Waals surface area contributed by atoms with Gasteiger partial charge in [0, 0.05) is 18.4 Å². The molecular formula is C13H21N3O. The highest BCUT2D eigenvalue weighted by Gasteiger charge is 2.28. The molecule has 0 amide bonds. The van der Waals surface area contributed by atoms with Crippen molar-refractivity contribution in [3.8, 4) is 0 Å². The normalized spacial score (nSPS) is 25.8. The Hall–Kier alpha value is -0.900. The number of aliphatic hydroxyl groups excluding tert-OH is 1. The van der Waals surface area contributed by atoms with Crippen molar-refractivity contribution in [2.45, 2.75) is 63.3 Å². The van der Waals surface area contributed by atoms with Crippen LogP contribution in [0, 0.1) is 0 Å². The molecule has 0 radical (unpaired) electrons. The summed E-state index contributed by atoms with van der Waals surface area (Å²) >= 11 is 0. The smallest absolute Gasteiger partial charge is 0.138 e. The summed E-state index contributed by atoms with van der Waals surface area (Å²) in [6.07, 6.45) is 8.77. The fraction of sp³-hybridized carbons (Fsp3) is 0.846. The number of nitrogens with zero attached hydrogens (tertiary/aromatic N) is 3. The van der Waals surface area contributed by atoms with Crippen molar-refractivity contribution in [1.29, 1.82) is 0 Å². The Morgan fingerprint density at radius 2 is 1.76 bits per heavy atom. The third-order valence-corrected chi connectivity index (χ3v) is 4.30. The van der Waals surface area contributed by atoms with Crippen LogP contribution >= 0.6 is 0 Å². The van der Waals surface area contributed by atoms with Crippen LogP contribution in [0.15, 0.2) is 0 Å². The molecule has 1 fully saturated rings. The molecule has 17 heavy (non-hydrogen) atoms. The zero-order valence-corrected chi connectivity index (χ0v) is 10.3. The van der Waals surface area contributed by atoms with Crippen molar-refractivity contribution < 1.29 is 5.11 Å². The van der Waals surface area contributed by atoms with Gasteiger partial charge in [-0.25, -0.2) is 0 Å². The van der Waals surface area contributed by atoms with E-state index in [0.29, 0.717) is 5.92 Å². The average Bonchev–Trinajstić information content (AvgIpc) is 2.83. The summed E-state index contributed by atoms with van der Waals surface area (Å²) in [7, 11) is 0. The first-order valence-corrected chi connectivity index (χ1v) is 6.94. The molecule has 1 aliphatic heterocycles. The molecule has 0 aromatic carbocycles. The number of aromatic nitrogens is 3. The van der Waals surface area contributed by atoms with Crippen molar-refractivity contribution in [2.24, 2.45) is 0 Å². The van der Waals surface area contributed by atoms with Crippen LogP contribution in [0.3, 0.4) is 0 Å². The number of fused-ring (bicyclic) bond motifs is 1. The molecule has 1 N–H and O–H groups in total. The van der Waals surface area contributed by atoms with Gasteiger partial charge in [0.25, 0.3) is 0 Å². The number of rotatable bonds is 2. The van der Waals surface area contributed by atoms with Gasteiger partial charge in [0.1, 0.15) is 11.6 Å². The molecule has 4 nitrogen and oxygen atoms in total. The van der Waals surface area contributed by atoms with Crippen molar-refractivity contribution in [2.75, 3.05) is 6.61 Å². The van der Waals surface area contributed by atoms with Gasteiger partial charge < -0.3 is 9.67 Å². The Labute approximate surface area is 102 Å². The van der Waals surface area contributed by atoms with Gasteiger partial charge in [-0.05, 0) is 25.7 Å². The minimum absolute atomic E-state index is 0.211. The number of hydrogen-bond acceptors (Lipinski definition) is 3. The fourth-order valence-electron chi connectivity index (χ4n) is 3.32. The van der Waals surface area contributed by atoms with E-state index in [9.17, 15) is 5.11 Å². The second-order valence-electron chi connectivity index (χ2n) is 5.42. The summed E-state index contributed by atoms with van der Waals surface area (Å²) in [6, 6.07) is 0. The highest BCUT2D eigenvalue weighted by molar-refractivity contribution is 5.09. The molecule has 1 unspecified atom stereocenters. The van der Waals surface area contributed by atoms with E-state index in [1.54, 1.807) is 0 Å². The van der Waals surface area contributed by atoms with Gasteiger partial charge in [0.2, 0.25) is 0 Å². The predicted molar refractivity (Wildman–Crippen MR) is 64.9 cm³/mol. The molecule has 3 rings (SSSR count). The first-order chi connectivity index (χ1) is 8.40. The first kappa shape index (κ1) is 11.2. The molecule has 2 aliphatic rings. The highest BCUT2D eigenvalue weighted by Crippen LogP contribution is 2.35. The zero-order valence-electron chi connectivity index (χ0n) is 10.3. The summed E-state index contributed by atoms with van der Waals surface area (Å²) < 4.78 is 2.29. The van der Waals surface area contributed by atoms with Crippen LogP contribution in [0.5, 0.6) is 0 Å². The Kier molecular flexibility index (Phi) is 3.14. The van der Waals surface area contributed by atoms with Crippen molar-refractivity contribution >= 4 is 0 Å². The van der Waals surface area contributed by atoms with Gasteiger partial charge in [-0.3, -0.25) is 0 Å². The fourth-order valence-corrected chi connectivity index (χ4v) is 3.32. The van der Waals surface area contributed by atoms with Crippen molar-refractivity contribution in [3.63, 3.8) is 0 Å². The predicted octanol–water partition coefficient (Wildman–Crippen LogP) is 2.20. The van der Waals surface area contributed by atoms with E-state index < -0.39 is 0 Å². The lowest BCUT2D eigenvalue weighted by atomic mass is 9.88. The molecule has 1 atom stereocenters. The van der Waals surface area contributed by atoms with Gasteiger partial charge in [-0.2, -0.15) is 0 Å². The van der Waals surface area contributed by atoms with Gasteiger partial charge >= 0.3 is 0 Å². The summed E-state index contributed by atoms with van der Waals surface area (Å²) in [6.45, 7) is 1.26. The van der Waals surface area contributed by atoms with E-state index in [0.717, 1.165) is 25.2 Å². The van der Waals surface area contributed by atoms with Crippen LogP contribution in [-0.4, -0.2) is 26.5 Å². The van der Waals surface area contributed by atoms with Crippen molar-refractivity contribution in [1.82, 2.24) is 14.8 Å². The monoisotopic (exact) mass is 235 g/mol. The molecule has 0 spiro atoms. The molecule has 2 heterocycles. The lowest BCUT2D eigenvalue weighted by Gasteiger charge is -2.26. The Morgan fingerprint density at radius 3 is 2.53 bits per heavy atom. The maximum absolute atomic E-state index is 9.38. The standard InChI is InChI=1S/C13H21N3O/c17-9-11-7-4-8-16-12(14-15-13(11)16)10-5-2-1-3-6-10/h10-11,17H,1-9H2. The second kappa shape index (κ2) is 4.77. The van der Waals surface area contributed by atoms with Crippen LogP contribution < -0.4 is 0 Å². The van der Waals surface area contributed by atoms with Gasteiger partial charge in [0.05, 0.1) is 6.61 Å². The summed E-state index contributed by atoms with van der Waals surface area (Å²) in [4.78, 5) is 0. The van der Waals surface area contributed by atoms with Crippen LogP contribution in [0.25, 0.3) is 0 Å². The maximum Gasteiger partial charge on any atom is 0.138 e. The Morgan fingerprint density at radius 1 is 1.00 bits per heavy atom. The minimum Gasteiger partial charge on any atom is -0.396 e. The molecule has 1 aromatic rings. The maximum atomic E-state index is 9.38. The SMILES string of the molecule is OCC1CCCn2c1nnc2C1CCCCC1. The van der Waals surface area contributed by atoms with Crippen LogP contribution in [-0.2, 0) is 6.54 Å². The molecule has 94 valence electrons. The lowest BCUT2D eigenvalue weighted by molar-refractivity contribution is 0.236. The highest BCUT2D eigenvalue weighted by atomic mass is 16.3. The number of aliphatic hydroxyl groups is 1. The third kappa shape index (κ3) is 1.99. The van der Waals surface area contributed by atoms with Gasteiger partial charge in [0.15, 0.2) is 0 Å². The average molecular weight is 235 g/mol. The summed E-state index contributed by atoms with van der Waals surface area (Å²) in [5, 5.41) is 18.1. The summed E-state index contributed by atoms with van der Waals surface area (Å²) in [5.41, 5.74) is 0.